The highest BCUT2D eigenvalue weighted by Crippen LogP contribution is 2.22. The van der Waals surface area contributed by atoms with Crippen LogP contribution in [0.15, 0.2) is 64.1 Å². The number of ether oxygens (including phenoxy) is 1. The lowest BCUT2D eigenvalue weighted by Crippen LogP contribution is -2.33. The second-order valence-corrected chi connectivity index (χ2v) is 7.15. The molecule has 0 aliphatic rings. The molecule has 1 N–H and O–H groups in total. The monoisotopic (exact) mass is 440 g/mol. The SMILES string of the molecule is COc1ccc(Br)cc1CNC(=O)Cn1c(=O)c2cccn2c2cccnc21. The molecule has 0 radical (unpaired) electrons. The molecule has 142 valence electrons. The molecule has 0 aliphatic heterocycles. The van der Waals surface area contributed by atoms with E-state index in [1.54, 1.807) is 35.9 Å². The fourth-order valence-corrected chi connectivity index (χ4v) is 3.62. The maximum atomic E-state index is 12.9. The lowest BCUT2D eigenvalue weighted by molar-refractivity contribution is -0.121. The molecule has 1 amide bonds. The highest BCUT2D eigenvalue weighted by Gasteiger charge is 2.14. The van der Waals surface area contributed by atoms with Gasteiger partial charge in [-0.15, -0.1) is 0 Å². The van der Waals surface area contributed by atoms with Crippen LogP contribution < -0.4 is 15.6 Å². The number of nitrogens with zero attached hydrogens (tertiary/aromatic N) is 3. The predicted molar refractivity (Wildman–Crippen MR) is 109 cm³/mol. The zero-order valence-electron chi connectivity index (χ0n) is 15.1. The average Bonchev–Trinajstić information content (AvgIpc) is 3.20. The van der Waals surface area contributed by atoms with Gasteiger partial charge in [0.1, 0.15) is 17.8 Å². The molecule has 7 nitrogen and oxygen atoms in total. The van der Waals surface area contributed by atoms with Crippen molar-refractivity contribution in [2.24, 2.45) is 0 Å². The molecule has 0 spiro atoms. The van der Waals surface area contributed by atoms with Gasteiger partial charge in [0.2, 0.25) is 5.91 Å². The molecular formula is C20H17BrN4O3. The third-order valence-corrected chi connectivity index (χ3v) is 5.01. The number of hydrogen-bond donors (Lipinski definition) is 1. The van der Waals surface area contributed by atoms with Crippen LogP contribution in [0.25, 0.3) is 16.7 Å². The Morgan fingerprint density at radius 1 is 1.21 bits per heavy atom. The zero-order chi connectivity index (χ0) is 19.7. The highest BCUT2D eigenvalue weighted by atomic mass is 79.9. The van der Waals surface area contributed by atoms with Crippen LogP contribution in [0.2, 0.25) is 0 Å². The summed E-state index contributed by atoms with van der Waals surface area (Å²) >= 11 is 3.42. The molecule has 0 fully saturated rings. The molecule has 0 atom stereocenters. The Morgan fingerprint density at radius 2 is 2.04 bits per heavy atom. The van der Waals surface area contributed by atoms with E-state index in [1.807, 2.05) is 30.5 Å². The topological polar surface area (TPSA) is 77.6 Å². The Labute approximate surface area is 168 Å². The van der Waals surface area contributed by atoms with Gasteiger partial charge >= 0.3 is 0 Å². The molecule has 0 aliphatic carbocycles. The van der Waals surface area contributed by atoms with Crippen molar-refractivity contribution in [1.29, 1.82) is 0 Å². The number of pyridine rings is 1. The summed E-state index contributed by atoms with van der Waals surface area (Å²) in [6, 6.07) is 12.8. The van der Waals surface area contributed by atoms with Crippen molar-refractivity contribution in [1.82, 2.24) is 19.3 Å². The van der Waals surface area contributed by atoms with Gasteiger partial charge in [-0.05, 0) is 42.5 Å². The fraction of sp³-hybridized carbons (Fsp3) is 0.150. The van der Waals surface area contributed by atoms with Crippen molar-refractivity contribution in [3.63, 3.8) is 0 Å². The smallest absolute Gasteiger partial charge is 0.276 e. The van der Waals surface area contributed by atoms with Crippen LogP contribution in [0, 0.1) is 0 Å². The van der Waals surface area contributed by atoms with Gasteiger partial charge in [0.05, 0.1) is 12.6 Å². The molecule has 3 aromatic heterocycles. The zero-order valence-corrected chi connectivity index (χ0v) is 16.6. The number of rotatable bonds is 5. The average molecular weight is 441 g/mol. The van der Waals surface area contributed by atoms with Crippen molar-refractivity contribution in [2.45, 2.75) is 13.1 Å². The number of hydrogen-bond acceptors (Lipinski definition) is 4. The van der Waals surface area contributed by atoms with Crippen molar-refractivity contribution < 1.29 is 9.53 Å². The summed E-state index contributed by atoms with van der Waals surface area (Å²) < 4.78 is 9.40. The van der Waals surface area contributed by atoms with Crippen molar-refractivity contribution in [2.75, 3.05) is 7.11 Å². The third kappa shape index (κ3) is 3.27. The Balaban J connectivity index is 1.63. The second-order valence-electron chi connectivity index (χ2n) is 6.23. The molecule has 0 unspecified atom stereocenters. The number of benzene rings is 1. The molecule has 0 bridgehead atoms. The number of carbonyl (C=O) groups excluding carboxylic acids is 1. The minimum absolute atomic E-state index is 0.121. The minimum Gasteiger partial charge on any atom is -0.496 e. The van der Waals surface area contributed by atoms with Crippen LogP contribution in [0.1, 0.15) is 5.56 Å². The van der Waals surface area contributed by atoms with E-state index in [0.717, 1.165) is 15.6 Å². The van der Waals surface area contributed by atoms with Gasteiger partial charge in [-0.2, -0.15) is 0 Å². The summed E-state index contributed by atoms with van der Waals surface area (Å²) in [5.41, 5.74) is 2.31. The first kappa shape index (κ1) is 18.2. The third-order valence-electron chi connectivity index (χ3n) is 4.51. The number of carbonyl (C=O) groups is 1. The van der Waals surface area contributed by atoms with Gasteiger partial charge in [0.25, 0.3) is 5.56 Å². The first-order valence-electron chi connectivity index (χ1n) is 8.62. The summed E-state index contributed by atoms with van der Waals surface area (Å²) in [6.07, 6.45) is 3.42. The van der Waals surface area contributed by atoms with E-state index in [1.165, 1.54) is 4.57 Å². The minimum atomic E-state index is -0.285. The normalized spacial score (nSPS) is 11.1. The molecule has 4 rings (SSSR count). The number of fused-ring (bicyclic) bond motifs is 3. The van der Waals surface area contributed by atoms with E-state index in [-0.39, 0.29) is 24.6 Å². The number of amides is 1. The van der Waals surface area contributed by atoms with Crippen LogP contribution in [-0.2, 0) is 17.9 Å². The van der Waals surface area contributed by atoms with Crippen LogP contribution >= 0.6 is 15.9 Å². The van der Waals surface area contributed by atoms with E-state index in [4.69, 9.17) is 4.74 Å². The molecule has 4 aromatic rings. The van der Waals surface area contributed by atoms with E-state index in [9.17, 15) is 9.59 Å². The van der Waals surface area contributed by atoms with Gasteiger partial charge in [0, 0.05) is 29.0 Å². The van der Waals surface area contributed by atoms with E-state index < -0.39 is 0 Å². The van der Waals surface area contributed by atoms with E-state index in [2.05, 4.69) is 26.2 Å². The fourth-order valence-electron chi connectivity index (χ4n) is 3.21. The maximum Gasteiger partial charge on any atom is 0.276 e. The lowest BCUT2D eigenvalue weighted by atomic mass is 10.2. The van der Waals surface area contributed by atoms with Gasteiger partial charge < -0.3 is 14.5 Å². The van der Waals surface area contributed by atoms with E-state index >= 15 is 0 Å². The molecular weight excluding hydrogens is 424 g/mol. The maximum absolute atomic E-state index is 12.9. The Kier molecular flexibility index (Phi) is 4.87. The van der Waals surface area contributed by atoms with Crippen molar-refractivity contribution in [3.8, 4) is 5.75 Å². The Hall–Kier alpha value is -3.13. The number of nitrogens with one attached hydrogen (secondary N) is 1. The summed E-state index contributed by atoms with van der Waals surface area (Å²) in [5.74, 6) is 0.398. The summed E-state index contributed by atoms with van der Waals surface area (Å²) in [5, 5.41) is 2.85. The number of halogens is 1. The predicted octanol–water partition coefficient (Wildman–Crippen LogP) is 2.74. The van der Waals surface area contributed by atoms with Crippen molar-refractivity contribution in [3.05, 3.63) is 75.2 Å². The number of aromatic nitrogens is 3. The largest absolute Gasteiger partial charge is 0.496 e. The van der Waals surface area contributed by atoms with E-state index in [0.29, 0.717) is 16.9 Å². The first-order valence-corrected chi connectivity index (χ1v) is 9.41. The summed E-state index contributed by atoms with van der Waals surface area (Å²) in [7, 11) is 1.58. The molecule has 0 saturated heterocycles. The number of methoxy groups -OCH3 is 1. The van der Waals surface area contributed by atoms with Crippen LogP contribution in [-0.4, -0.2) is 27.0 Å². The van der Waals surface area contributed by atoms with Crippen LogP contribution in [0.5, 0.6) is 5.75 Å². The standard InChI is InChI=1S/C20H17BrN4O3/c1-28-17-7-6-14(21)10-13(17)11-23-18(26)12-25-19-15(4-2-8-22-19)24-9-3-5-16(24)20(25)27/h2-10H,11-12H2,1H3,(H,23,26). The molecule has 8 heteroatoms. The van der Waals surface area contributed by atoms with Crippen molar-refractivity contribution >= 4 is 38.5 Å². The van der Waals surface area contributed by atoms with Crippen LogP contribution in [0.3, 0.4) is 0 Å². The van der Waals surface area contributed by atoms with Gasteiger partial charge in [-0.3, -0.25) is 14.2 Å². The lowest BCUT2D eigenvalue weighted by Gasteiger charge is -2.13. The molecule has 1 aromatic carbocycles. The summed E-state index contributed by atoms with van der Waals surface area (Å²) in [6.45, 7) is 0.166. The second kappa shape index (κ2) is 7.47. The van der Waals surface area contributed by atoms with Crippen LogP contribution in [0.4, 0.5) is 0 Å². The Morgan fingerprint density at radius 3 is 2.86 bits per heavy atom. The van der Waals surface area contributed by atoms with Gasteiger partial charge in [-0.1, -0.05) is 15.9 Å². The quantitative estimate of drug-likeness (QED) is 0.517. The van der Waals surface area contributed by atoms with Gasteiger partial charge in [-0.25, -0.2) is 4.98 Å². The first-order chi connectivity index (χ1) is 13.6. The Bertz CT molecular complexity index is 1250. The molecule has 28 heavy (non-hydrogen) atoms. The highest BCUT2D eigenvalue weighted by molar-refractivity contribution is 9.10. The summed E-state index contributed by atoms with van der Waals surface area (Å²) in [4.78, 5) is 29.8. The molecule has 0 saturated carbocycles. The molecule has 3 heterocycles. The van der Waals surface area contributed by atoms with Gasteiger partial charge in [0.15, 0.2) is 5.65 Å².